The molecule has 36 heavy (non-hydrogen) atoms. The van der Waals surface area contributed by atoms with Gasteiger partial charge in [0, 0.05) is 17.8 Å². The van der Waals surface area contributed by atoms with Crippen LogP contribution in [-0.4, -0.2) is 11.0 Å². The molecule has 0 bridgehead atoms. The fourth-order valence-electron chi connectivity index (χ4n) is 10.3. The van der Waals surface area contributed by atoms with Crippen LogP contribution >= 0.6 is 11.6 Å². The van der Waals surface area contributed by atoms with Crippen molar-refractivity contribution in [2.75, 3.05) is 0 Å². The number of hydrogen-bond acceptors (Lipinski definition) is 2. The van der Waals surface area contributed by atoms with Crippen molar-refractivity contribution in [2.45, 2.75) is 133 Å². The lowest BCUT2D eigenvalue weighted by atomic mass is 9.33. The number of carbonyl (C=O) groups excluding carboxylic acids is 2. The van der Waals surface area contributed by atoms with Gasteiger partial charge >= 0.3 is 0 Å². The van der Waals surface area contributed by atoms with Gasteiger partial charge in [0.25, 0.3) is 0 Å². The van der Waals surface area contributed by atoms with Crippen LogP contribution in [-0.2, 0) is 9.59 Å². The highest BCUT2D eigenvalue weighted by Crippen LogP contribution is 2.75. The van der Waals surface area contributed by atoms with E-state index in [1.165, 1.54) is 38.5 Å². The number of carbonyl (C=O) groups is 2. The maximum Gasteiger partial charge on any atom is 0.228 e. The molecule has 2 nitrogen and oxygen atoms in total. The largest absolute Gasteiger partial charge is 0.299 e. The van der Waals surface area contributed by atoms with Gasteiger partial charge in [-0.25, -0.2) is 0 Å². The van der Waals surface area contributed by atoms with E-state index < -0.39 is 0 Å². The zero-order valence-electron chi connectivity index (χ0n) is 25.1. The molecule has 0 spiro atoms. The molecule has 0 aromatic heterocycles. The number of rotatable bonds is 1. The SMILES string of the molecule is C=CC.CC.CC.CC1C(=O)CCC2(C)[C@H]3CCC4[C@H]5CCCC5(C(=O)Cl)CC[C@@]4(C)C3(C)CC[C@@H]12. The van der Waals surface area contributed by atoms with E-state index in [1.54, 1.807) is 6.08 Å². The summed E-state index contributed by atoms with van der Waals surface area (Å²) in [5.74, 6) is 3.18. The van der Waals surface area contributed by atoms with Crippen LogP contribution in [0.5, 0.6) is 0 Å². The Labute approximate surface area is 228 Å². The van der Waals surface area contributed by atoms with Crippen molar-refractivity contribution in [1.82, 2.24) is 0 Å². The van der Waals surface area contributed by atoms with Crippen molar-refractivity contribution in [3.8, 4) is 0 Å². The first kappa shape index (κ1) is 31.6. The molecular weight excluding hydrogens is 464 g/mol. The van der Waals surface area contributed by atoms with Crippen molar-refractivity contribution < 1.29 is 9.59 Å². The summed E-state index contributed by atoms with van der Waals surface area (Å²) in [6.07, 6.45) is 14.2. The Kier molecular flexibility index (Phi) is 10.6. The first-order chi connectivity index (χ1) is 17.0. The average Bonchev–Trinajstić information content (AvgIpc) is 3.31. The van der Waals surface area contributed by atoms with E-state index >= 15 is 0 Å². The first-order valence-corrected chi connectivity index (χ1v) is 15.7. The number of halogens is 1. The molecule has 5 aliphatic rings. The van der Waals surface area contributed by atoms with Crippen molar-refractivity contribution in [1.29, 1.82) is 0 Å². The minimum atomic E-state index is -0.220. The zero-order chi connectivity index (χ0) is 27.5. The molecule has 5 saturated carbocycles. The topological polar surface area (TPSA) is 34.1 Å². The summed E-state index contributed by atoms with van der Waals surface area (Å²) in [5.41, 5.74) is 0.716. The van der Waals surface area contributed by atoms with E-state index in [2.05, 4.69) is 34.3 Å². The molecule has 5 rings (SSSR count). The van der Waals surface area contributed by atoms with Crippen molar-refractivity contribution in [3.63, 3.8) is 0 Å². The third kappa shape index (κ3) is 4.58. The van der Waals surface area contributed by atoms with Crippen LogP contribution < -0.4 is 0 Å². The van der Waals surface area contributed by atoms with Crippen LogP contribution in [0.25, 0.3) is 0 Å². The second-order valence-electron chi connectivity index (χ2n) is 12.8. The summed E-state index contributed by atoms with van der Waals surface area (Å²) in [4.78, 5) is 25.1. The molecule has 3 heteroatoms. The average molecular weight is 521 g/mol. The van der Waals surface area contributed by atoms with Gasteiger partial charge in [-0.15, -0.1) is 6.58 Å². The Morgan fingerprint density at radius 1 is 0.861 bits per heavy atom. The van der Waals surface area contributed by atoms with Gasteiger partial charge in [-0.1, -0.05) is 67.9 Å². The summed E-state index contributed by atoms with van der Waals surface area (Å²) in [6.45, 7) is 23.2. The van der Waals surface area contributed by atoms with E-state index in [4.69, 9.17) is 11.6 Å². The van der Waals surface area contributed by atoms with Gasteiger partial charge in [0.1, 0.15) is 5.78 Å². The minimum Gasteiger partial charge on any atom is -0.299 e. The lowest BCUT2D eigenvalue weighted by Crippen LogP contribution is -2.65. The second-order valence-corrected chi connectivity index (χ2v) is 13.2. The smallest absolute Gasteiger partial charge is 0.228 e. The van der Waals surface area contributed by atoms with Crippen molar-refractivity contribution in [3.05, 3.63) is 12.7 Å². The number of hydrogen-bond donors (Lipinski definition) is 0. The molecule has 0 saturated heterocycles. The Balaban J connectivity index is 0.000000596. The highest BCUT2D eigenvalue weighted by atomic mass is 35.5. The molecule has 0 aromatic rings. The van der Waals surface area contributed by atoms with Crippen LogP contribution in [0.4, 0.5) is 0 Å². The number of ketones is 1. The molecule has 5 unspecified atom stereocenters. The van der Waals surface area contributed by atoms with Crippen molar-refractivity contribution >= 4 is 22.6 Å². The Bertz CT molecular complexity index is 791. The summed E-state index contributed by atoms with van der Waals surface area (Å²) in [6, 6.07) is 0. The van der Waals surface area contributed by atoms with Crippen LogP contribution in [0.2, 0.25) is 0 Å². The van der Waals surface area contributed by atoms with Gasteiger partial charge in [0.05, 0.1) is 0 Å². The van der Waals surface area contributed by atoms with Crippen LogP contribution in [0.3, 0.4) is 0 Å². The molecule has 5 fully saturated rings. The Morgan fingerprint density at radius 2 is 1.47 bits per heavy atom. The highest BCUT2D eigenvalue weighted by molar-refractivity contribution is 6.64. The summed E-state index contributed by atoms with van der Waals surface area (Å²) in [5, 5.41) is -0.0374. The predicted molar refractivity (Wildman–Crippen MR) is 155 cm³/mol. The van der Waals surface area contributed by atoms with Crippen LogP contribution in [0.1, 0.15) is 133 Å². The van der Waals surface area contributed by atoms with Crippen LogP contribution in [0.15, 0.2) is 12.7 Å². The van der Waals surface area contributed by atoms with E-state index in [0.717, 1.165) is 32.1 Å². The minimum absolute atomic E-state index is 0.0374. The number of fused-ring (bicyclic) bond motifs is 7. The molecule has 0 radical (unpaired) electrons. The zero-order valence-corrected chi connectivity index (χ0v) is 25.9. The summed E-state index contributed by atoms with van der Waals surface area (Å²) >= 11 is 6.27. The fourth-order valence-corrected chi connectivity index (χ4v) is 10.7. The second kappa shape index (κ2) is 12.0. The summed E-state index contributed by atoms with van der Waals surface area (Å²) in [7, 11) is 0. The first-order valence-electron chi connectivity index (χ1n) is 15.3. The molecule has 0 aliphatic heterocycles. The fraction of sp³-hybridized carbons (Fsp3) is 0.879. The van der Waals surface area contributed by atoms with Gasteiger partial charge in [0.15, 0.2) is 0 Å². The maximum atomic E-state index is 12.6. The lowest BCUT2D eigenvalue weighted by molar-refractivity contribution is -0.222. The van der Waals surface area contributed by atoms with E-state index in [-0.39, 0.29) is 16.6 Å². The quantitative estimate of drug-likeness (QED) is 0.254. The predicted octanol–water partition coefficient (Wildman–Crippen LogP) is 10.0. The Morgan fingerprint density at radius 3 is 2.06 bits per heavy atom. The van der Waals surface area contributed by atoms with Gasteiger partial charge in [-0.05, 0) is 116 Å². The van der Waals surface area contributed by atoms with Gasteiger partial charge in [-0.2, -0.15) is 0 Å². The normalized spacial score (nSPS) is 46.4. The summed E-state index contributed by atoms with van der Waals surface area (Å²) < 4.78 is 0. The molecule has 0 heterocycles. The molecule has 0 amide bonds. The lowest BCUT2D eigenvalue weighted by Gasteiger charge is -2.71. The Hall–Kier alpha value is -0.630. The maximum absolute atomic E-state index is 12.6. The number of allylic oxidation sites excluding steroid dienone is 1. The monoisotopic (exact) mass is 520 g/mol. The van der Waals surface area contributed by atoms with Gasteiger partial charge in [-0.3, -0.25) is 9.59 Å². The molecule has 5 aliphatic carbocycles. The van der Waals surface area contributed by atoms with Crippen molar-refractivity contribution in [2.24, 2.45) is 51.2 Å². The van der Waals surface area contributed by atoms with Crippen LogP contribution in [0, 0.1) is 51.2 Å². The highest BCUT2D eigenvalue weighted by Gasteiger charge is 2.69. The standard InChI is InChI=1S/C26H39ClO2.C3H6.2C2H6/c1-16-17-9-13-25(4)21(23(17,2)12-10-20(16)28)8-7-18-19-6-5-11-26(19,22(27)29)15-14-24(18,25)3;1-3-2;2*1-2/h16-19,21H,5-15H2,1-4H3;3H,1H2,2H3;2*1-2H3/t16?,17-,18?,19+,21+,23?,24+,25?,26?;;;/m0.../s1. The van der Waals surface area contributed by atoms with Gasteiger partial charge < -0.3 is 0 Å². The third-order valence-corrected chi connectivity index (χ3v) is 12.5. The van der Waals surface area contributed by atoms with E-state index in [9.17, 15) is 9.59 Å². The molecule has 208 valence electrons. The molecular formula is C33H57ClO2. The van der Waals surface area contributed by atoms with Gasteiger partial charge in [0.2, 0.25) is 5.24 Å². The van der Waals surface area contributed by atoms with E-state index in [0.29, 0.717) is 45.7 Å². The molecule has 0 aromatic carbocycles. The molecule has 0 N–H and O–H groups in total. The third-order valence-electron chi connectivity index (χ3n) is 12.1. The molecule has 9 atom stereocenters. The number of Topliss-reactive ketones (excluding diaryl/α,β-unsaturated/α-hetero) is 1. The van der Waals surface area contributed by atoms with E-state index in [1.807, 2.05) is 34.6 Å².